The highest BCUT2D eigenvalue weighted by Crippen LogP contribution is 2.14. The second-order valence-electron chi connectivity index (χ2n) is 4.13. The normalized spacial score (nSPS) is 10.2. The quantitative estimate of drug-likeness (QED) is 0.660. The molecule has 2 rings (SSSR count). The van der Waals surface area contributed by atoms with Gasteiger partial charge in [-0.25, -0.2) is 4.98 Å². The highest BCUT2D eigenvalue weighted by Gasteiger charge is 2.05. The Kier molecular flexibility index (Phi) is 4.07. The molecule has 0 unspecified atom stereocenters. The Morgan fingerprint density at radius 2 is 1.95 bits per heavy atom. The molecule has 1 N–H and O–H groups in total. The van der Waals surface area contributed by atoms with Crippen LogP contribution < -0.4 is 5.32 Å². The number of nitrogens with one attached hydrogen (secondary N) is 1. The van der Waals surface area contributed by atoms with Crippen molar-refractivity contribution in [2.75, 3.05) is 5.32 Å². The summed E-state index contributed by atoms with van der Waals surface area (Å²) in [5.74, 6) is 0.636. The maximum Gasteiger partial charge on any atom is 0.287 e. The number of hydrogen-bond acceptors (Lipinski definition) is 4. The minimum absolute atomic E-state index is 0.000455. The molecule has 98 valence electrons. The van der Waals surface area contributed by atoms with Gasteiger partial charge in [0.15, 0.2) is 0 Å². The summed E-state index contributed by atoms with van der Waals surface area (Å²) in [6.07, 6.45) is 2.24. The van der Waals surface area contributed by atoms with Crippen molar-refractivity contribution in [1.29, 1.82) is 0 Å². The van der Waals surface area contributed by atoms with Crippen molar-refractivity contribution >= 4 is 11.5 Å². The minimum Gasteiger partial charge on any atom is -0.366 e. The first-order valence-corrected chi connectivity index (χ1v) is 6.12. The zero-order valence-corrected chi connectivity index (χ0v) is 10.7. The van der Waals surface area contributed by atoms with Gasteiger partial charge in [0, 0.05) is 12.6 Å². The lowest BCUT2D eigenvalue weighted by molar-refractivity contribution is -0.385. The third-order valence-corrected chi connectivity index (χ3v) is 2.92. The molecule has 0 atom stereocenters. The molecule has 0 bridgehead atoms. The average molecular weight is 257 g/mol. The first-order valence-electron chi connectivity index (χ1n) is 6.12. The fourth-order valence-electron chi connectivity index (χ4n) is 1.86. The molecular formula is C14H15N3O2. The predicted octanol–water partition coefficient (Wildman–Crippen LogP) is 3.16. The third-order valence-electron chi connectivity index (χ3n) is 2.92. The second-order valence-corrected chi connectivity index (χ2v) is 4.13. The smallest absolute Gasteiger partial charge is 0.287 e. The van der Waals surface area contributed by atoms with Gasteiger partial charge in [-0.2, -0.15) is 0 Å². The molecule has 0 saturated carbocycles. The highest BCUT2D eigenvalue weighted by molar-refractivity contribution is 5.41. The zero-order chi connectivity index (χ0) is 13.7. The summed E-state index contributed by atoms with van der Waals surface area (Å²) >= 11 is 0. The number of pyridine rings is 1. The number of hydrogen-bond donors (Lipinski definition) is 1. The van der Waals surface area contributed by atoms with E-state index in [1.807, 2.05) is 12.1 Å². The SMILES string of the molecule is CCc1ccccc1CNc1ccc([N+](=O)[O-])cn1. The standard InChI is InChI=1S/C14H15N3O2/c1-2-11-5-3-4-6-12(11)9-15-14-8-7-13(10-16-14)17(18)19/h3-8,10H,2,9H2,1H3,(H,15,16). The van der Waals surface area contributed by atoms with Crippen LogP contribution in [0.1, 0.15) is 18.1 Å². The van der Waals surface area contributed by atoms with Gasteiger partial charge >= 0.3 is 0 Å². The predicted molar refractivity (Wildman–Crippen MR) is 74.0 cm³/mol. The van der Waals surface area contributed by atoms with Crippen LogP contribution in [0.25, 0.3) is 0 Å². The molecule has 1 heterocycles. The molecule has 19 heavy (non-hydrogen) atoms. The summed E-state index contributed by atoms with van der Waals surface area (Å²) < 4.78 is 0. The molecule has 5 nitrogen and oxygen atoms in total. The number of anilines is 1. The summed E-state index contributed by atoms with van der Waals surface area (Å²) in [4.78, 5) is 14.1. The van der Waals surface area contributed by atoms with Crippen molar-refractivity contribution < 1.29 is 4.92 Å². The number of aryl methyl sites for hydroxylation is 1. The number of benzene rings is 1. The Labute approximate surface area is 111 Å². The van der Waals surface area contributed by atoms with Crippen LogP contribution >= 0.6 is 0 Å². The van der Waals surface area contributed by atoms with Gasteiger partial charge in [-0.3, -0.25) is 10.1 Å². The molecule has 0 spiro atoms. The maximum absolute atomic E-state index is 10.5. The van der Waals surface area contributed by atoms with Gasteiger partial charge in [0.25, 0.3) is 5.69 Å². The van der Waals surface area contributed by atoms with Crippen LogP contribution in [0.4, 0.5) is 11.5 Å². The van der Waals surface area contributed by atoms with Crippen LogP contribution in [0.2, 0.25) is 0 Å². The molecule has 1 aromatic carbocycles. The number of rotatable bonds is 5. The second kappa shape index (κ2) is 5.95. The number of nitro groups is 1. The molecule has 2 aromatic rings. The van der Waals surface area contributed by atoms with Crippen LogP contribution in [0.3, 0.4) is 0 Å². The van der Waals surface area contributed by atoms with Crippen LogP contribution in [-0.4, -0.2) is 9.91 Å². The van der Waals surface area contributed by atoms with E-state index in [4.69, 9.17) is 0 Å². The van der Waals surface area contributed by atoms with Crippen LogP contribution in [0.5, 0.6) is 0 Å². The zero-order valence-electron chi connectivity index (χ0n) is 10.7. The molecule has 5 heteroatoms. The van der Waals surface area contributed by atoms with Crippen molar-refractivity contribution in [3.8, 4) is 0 Å². The van der Waals surface area contributed by atoms with Gasteiger partial charge < -0.3 is 5.32 Å². The summed E-state index contributed by atoms with van der Waals surface area (Å²) in [5.41, 5.74) is 2.50. The van der Waals surface area contributed by atoms with E-state index in [0.29, 0.717) is 12.4 Å². The Morgan fingerprint density at radius 1 is 1.21 bits per heavy atom. The average Bonchev–Trinajstić information content (AvgIpc) is 2.45. The fourth-order valence-corrected chi connectivity index (χ4v) is 1.86. The molecule has 0 fully saturated rings. The van der Waals surface area contributed by atoms with E-state index in [9.17, 15) is 10.1 Å². The Morgan fingerprint density at radius 3 is 2.53 bits per heavy atom. The van der Waals surface area contributed by atoms with Gasteiger partial charge in [0.05, 0.1) is 4.92 Å². The lowest BCUT2D eigenvalue weighted by atomic mass is 10.1. The van der Waals surface area contributed by atoms with Crippen molar-refractivity contribution in [3.63, 3.8) is 0 Å². The Hall–Kier alpha value is -2.43. The molecule has 0 amide bonds. The molecule has 0 saturated heterocycles. The lowest BCUT2D eigenvalue weighted by Crippen LogP contribution is -2.04. The Bertz CT molecular complexity index is 567. The highest BCUT2D eigenvalue weighted by atomic mass is 16.6. The van der Waals surface area contributed by atoms with Gasteiger partial charge in [-0.15, -0.1) is 0 Å². The van der Waals surface area contributed by atoms with Gasteiger partial charge in [0.2, 0.25) is 0 Å². The van der Waals surface area contributed by atoms with Gasteiger partial charge in [-0.05, 0) is 23.6 Å². The van der Waals surface area contributed by atoms with E-state index >= 15 is 0 Å². The summed E-state index contributed by atoms with van der Waals surface area (Å²) in [6.45, 7) is 2.78. The number of aromatic nitrogens is 1. The maximum atomic E-state index is 10.5. The van der Waals surface area contributed by atoms with E-state index in [2.05, 4.69) is 29.4 Å². The fraction of sp³-hybridized carbons (Fsp3) is 0.214. The van der Waals surface area contributed by atoms with E-state index in [1.165, 1.54) is 23.4 Å². The van der Waals surface area contributed by atoms with Crippen molar-refractivity contribution in [2.24, 2.45) is 0 Å². The van der Waals surface area contributed by atoms with Crippen molar-refractivity contribution in [2.45, 2.75) is 19.9 Å². The number of nitrogens with zero attached hydrogens (tertiary/aromatic N) is 2. The van der Waals surface area contributed by atoms with Crippen LogP contribution in [0.15, 0.2) is 42.6 Å². The minimum atomic E-state index is -0.455. The molecule has 0 aliphatic rings. The molecule has 0 aliphatic heterocycles. The lowest BCUT2D eigenvalue weighted by Gasteiger charge is -2.09. The molecular weight excluding hydrogens is 242 g/mol. The van der Waals surface area contributed by atoms with Gasteiger partial charge in [0.1, 0.15) is 12.0 Å². The largest absolute Gasteiger partial charge is 0.366 e. The Balaban J connectivity index is 2.04. The topological polar surface area (TPSA) is 68.1 Å². The third kappa shape index (κ3) is 3.28. The molecule has 0 aliphatic carbocycles. The molecule has 1 aromatic heterocycles. The van der Waals surface area contributed by atoms with E-state index in [-0.39, 0.29) is 5.69 Å². The van der Waals surface area contributed by atoms with Gasteiger partial charge in [-0.1, -0.05) is 31.2 Å². The van der Waals surface area contributed by atoms with E-state index < -0.39 is 4.92 Å². The van der Waals surface area contributed by atoms with Crippen molar-refractivity contribution in [3.05, 3.63) is 63.8 Å². The first-order chi connectivity index (χ1) is 9.20. The van der Waals surface area contributed by atoms with E-state index in [0.717, 1.165) is 6.42 Å². The first kappa shape index (κ1) is 13.0. The van der Waals surface area contributed by atoms with Crippen LogP contribution in [-0.2, 0) is 13.0 Å². The summed E-state index contributed by atoms with van der Waals surface area (Å²) in [6, 6.07) is 11.2. The monoisotopic (exact) mass is 257 g/mol. The van der Waals surface area contributed by atoms with E-state index in [1.54, 1.807) is 6.07 Å². The van der Waals surface area contributed by atoms with Crippen molar-refractivity contribution in [1.82, 2.24) is 4.98 Å². The summed E-state index contributed by atoms with van der Waals surface area (Å²) in [7, 11) is 0. The van der Waals surface area contributed by atoms with Crippen LogP contribution in [0, 0.1) is 10.1 Å². The summed E-state index contributed by atoms with van der Waals surface area (Å²) in [5, 5.41) is 13.7. The molecule has 0 radical (unpaired) electrons.